The molecule has 0 atom stereocenters. The number of carbonyl (C=O) groups excluding carboxylic acids is 2. The van der Waals surface area contributed by atoms with Crippen LogP contribution in [0.25, 0.3) is 0 Å². The predicted octanol–water partition coefficient (Wildman–Crippen LogP) is 2.28. The molecule has 0 aliphatic rings. The Labute approximate surface area is 116 Å². The Balaban J connectivity index is 2.88. The predicted molar refractivity (Wildman–Crippen MR) is 71.7 cm³/mol. The summed E-state index contributed by atoms with van der Waals surface area (Å²) < 4.78 is 14.9. The normalized spacial score (nSPS) is 9.84. The van der Waals surface area contributed by atoms with Crippen LogP contribution in [0, 0.1) is 0 Å². The monoisotopic (exact) mass is 284 g/mol. The van der Waals surface area contributed by atoms with Crippen LogP contribution in [0.15, 0.2) is 23.1 Å². The Bertz CT molecular complexity index is 458. The van der Waals surface area contributed by atoms with Crippen molar-refractivity contribution in [1.29, 1.82) is 0 Å². The van der Waals surface area contributed by atoms with Crippen molar-refractivity contribution in [2.75, 3.05) is 20.0 Å². The average molecular weight is 284 g/mol. The van der Waals surface area contributed by atoms with Crippen molar-refractivity contribution in [3.63, 3.8) is 0 Å². The van der Waals surface area contributed by atoms with Crippen LogP contribution in [0.2, 0.25) is 0 Å². The van der Waals surface area contributed by atoms with E-state index in [1.807, 2.05) is 0 Å². The molecule has 0 heterocycles. The van der Waals surface area contributed by atoms with Gasteiger partial charge < -0.3 is 14.2 Å². The van der Waals surface area contributed by atoms with Crippen LogP contribution < -0.4 is 9.47 Å². The van der Waals surface area contributed by atoms with Crippen molar-refractivity contribution in [2.24, 2.45) is 0 Å². The van der Waals surface area contributed by atoms with Crippen LogP contribution in [0.1, 0.15) is 13.3 Å². The highest BCUT2D eigenvalue weighted by Crippen LogP contribution is 2.33. The Morgan fingerprint density at radius 3 is 2.53 bits per heavy atom. The lowest BCUT2D eigenvalue weighted by Gasteiger charge is -2.10. The number of rotatable bonds is 6. The molecule has 0 amide bonds. The second-order valence-corrected chi connectivity index (χ2v) is 4.52. The average Bonchev–Trinajstić information content (AvgIpc) is 2.45. The molecule has 0 unspecified atom stereocenters. The topological polar surface area (TPSA) is 61.8 Å². The van der Waals surface area contributed by atoms with Gasteiger partial charge in [0.2, 0.25) is 0 Å². The zero-order valence-electron chi connectivity index (χ0n) is 11.1. The van der Waals surface area contributed by atoms with E-state index in [1.165, 1.54) is 18.9 Å². The maximum Gasteiger partial charge on any atom is 0.315 e. The number of carbonyl (C=O) groups is 2. The first kappa shape index (κ1) is 15.4. The summed E-state index contributed by atoms with van der Waals surface area (Å²) in [4.78, 5) is 23.1. The molecule has 19 heavy (non-hydrogen) atoms. The molecule has 5 nitrogen and oxygen atoms in total. The summed E-state index contributed by atoms with van der Waals surface area (Å²) in [6.45, 7) is 1.72. The number of hydrogen-bond acceptors (Lipinski definition) is 6. The summed E-state index contributed by atoms with van der Waals surface area (Å²) in [7, 11) is 2.87. The fourth-order valence-corrected chi connectivity index (χ4v) is 2.05. The first-order valence-electron chi connectivity index (χ1n) is 5.69. The van der Waals surface area contributed by atoms with Crippen LogP contribution in [-0.2, 0) is 14.3 Å². The number of hydrogen-bond donors (Lipinski definition) is 0. The van der Waals surface area contributed by atoms with E-state index in [0.29, 0.717) is 16.4 Å². The fraction of sp³-hybridized carbons (Fsp3) is 0.385. The van der Waals surface area contributed by atoms with Crippen LogP contribution in [0.3, 0.4) is 0 Å². The van der Waals surface area contributed by atoms with Crippen molar-refractivity contribution < 1.29 is 23.8 Å². The summed E-state index contributed by atoms with van der Waals surface area (Å²) >= 11 is 1.23. The molecule has 0 aliphatic heterocycles. The second-order valence-electron chi connectivity index (χ2n) is 3.51. The van der Waals surface area contributed by atoms with E-state index < -0.39 is 0 Å². The summed E-state index contributed by atoms with van der Waals surface area (Å²) in [5.41, 5.74) is 0. The molecular weight excluding hydrogens is 268 g/mol. The molecule has 1 rings (SSSR count). The second kappa shape index (κ2) is 7.68. The lowest BCUT2D eigenvalue weighted by molar-refractivity contribution is -0.137. The van der Waals surface area contributed by atoms with E-state index in [-0.39, 0.29) is 24.1 Å². The standard InChI is InChI=1S/C13H16O5S/c1-4-12(14)18-10-6-5-9(16-2)7-11(10)19-8-13(15)17-3/h5-7H,4,8H2,1-3H3. The van der Waals surface area contributed by atoms with E-state index >= 15 is 0 Å². The van der Waals surface area contributed by atoms with Gasteiger partial charge in [-0.15, -0.1) is 11.8 Å². The molecule has 6 heteroatoms. The molecule has 1 aromatic rings. The van der Waals surface area contributed by atoms with Crippen LogP contribution in [-0.4, -0.2) is 31.9 Å². The van der Waals surface area contributed by atoms with Crippen LogP contribution in [0.4, 0.5) is 0 Å². The summed E-state index contributed by atoms with van der Waals surface area (Å²) in [5, 5.41) is 0. The number of esters is 2. The van der Waals surface area contributed by atoms with Gasteiger partial charge in [0.05, 0.1) is 24.9 Å². The van der Waals surface area contributed by atoms with E-state index in [9.17, 15) is 9.59 Å². The van der Waals surface area contributed by atoms with Gasteiger partial charge in [-0.25, -0.2) is 0 Å². The minimum Gasteiger partial charge on any atom is -0.497 e. The lowest BCUT2D eigenvalue weighted by atomic mass is 10.3. The van der Waals surface area contributed by atoms with Gasteiger partial charge in [0.15, 0.2) is 0 Å². The Kier molecular flexibility index (Phi) is 6.21. The summed E-state index contributed by atoms with van der Waals surface area (Å²) in [5.74, 6) is 0.510. The Hall–Kier alpha value is -1.69. The maximum atomic E-state index is 11.3. The molecular formula is C13H16O5S. The molecule has 0 bridgehead atoms. The van der Waals surface area contributed by atoms with Crippen molar-refractivity contribution >= 4 is 23.7 Å². The molecule has 0 spiro atoms. The molecule has 0 saturated carbocycles. The minimum atomic E-state index is -0.347. The zero-order valence-corrected chi connectivity index (χ0v) is 11.9. The molecule has 0 N–H and O–H groups in total. The summed E-state index contributed by atoms with van der Waals surface area (Å²) in [6, 6.07) is 5.05. The van der Waals surface area contributed by atoms with Gasteiger partial charge in [0, 0.05) is 6.42 Å². The van der Waals surface area contributed by atoms with E-state index in [4.69, 9.17) is 9.47 Å². The van der Waals surface area contributed by atoms with Crippen molar-refractivity contribution in [3.05, 3.63) is 18.2 Å². The SMILES string of the molecule is CCC(=O)Oc1ccc(OC)cc1SCC(=O)OC. The van der Waals surface area contributed by atoms with Crippen molar-refractivity contribution in [2.45, 2.75) is 18.2 Å². The zero-order chi connectivity index (χ0) is 14.3. The quantitative estimate of drug-likeness (QED) is 0.454. The third-order valence-electron chi connectivity index (χ3n) is 2.24. The molecule has 0 aliphatic carbocycles. The highest BCUT2D eigenvalue weighted by atomic mass is 32.2. The number of thioether (sulfide) groups is 1. The third-order valence-corrected chi connectivity index (χ3v) is 3.25. The van der Waals surface area contributed by atoms with Gasteiger partial charge in [-0.1, -0.05) is 6.92 Å². The molecule has 1 aromatic carbocycles. The van der Waals surface area contributed by atoms with Gasteiger partial charge in [0.25, 0.3) is 0 Å². The van der Waals surface area contributed by atoms with Crippen LogP contribution >= 0.6 is 11.8 Å². The minimum absolute atomic E-state index is 0.139. The van der Waals surface area contributed by atoms with Crippen molar-refractivity contribution in [1.82, 2.24) is 0 Å². The van der Waals surface area contributed by atoms with Gasteiger partial charge >= 0.3 is 11.9 Å². The first-order chi connectivity index (χ1) is 9.10. The van der Waals surface area contributed by atoms with Gasteiger partial charge in [0.1, 0.15) is 11.5 Å². The molecule has 104 valence electrons. The Morgan fingerprint density at radius 2 is 1.95 bits per heavy atom. The number of benzene rings is 1. The Morgan fingerprint density at radius 1 is 1.21 bits per heavy atom. The maximum absolute atomic E-state index is 11.3. The van der Waals surface area contributed by atoms with Gasteiger partial charge in [-0.05, 0) is 18.2 Å². The summed E-state index contributed by atoms with van der Waals surface area (Å²) in [6.07, 6.45) is 0.285. The van der Waals surface area contributed by atoms with Crippen molar-refractivity contribution in [3.8, 4) is 11.5 Å². The first-order valence-corrected chi connectivity index (χ1v) is 6.67. The molecule has 0 aromatic heterocycles. The smallest absolute Gasteiger partial charge is 0.315 e. The van der Waals surface area contributed by atoms with Crippen LogP contribution in [0.5, 0.6) is 11.5 Å². The largest absolute Gasteiger partial charge is 0.497 e. The number of methoxy groups -OCH3 is 2. The molecule has 0 fully saturated rings. The third kappa shape index (κ3) is 4.82. The highest BCUT2D eigenvalue weighted by molar-refractivity contribution is 8.00. The van der Waals surface area contributed by atoms with E-state index in [0.717, 1.165) is 0 Å². The van der Waals surface area contributed by atoms with E-state index in [1.54, 1.807) is 32.2 Å². The van der Waals surface area contributed by atoms with Gasteiger partial charge in [-0.3, -0.25) is 9.59 Å². The lowest BCUT2D eigenvalue weighted by Crippen LogP contribution is -2.07. The van der Waals surface area contributed by atoms with E-state index in [2.05, 4.69) is 4.74 Å². The fourth-order valence-electron chi connectivity index (χ4n) is 1.20. The molecule has 0 saturated heterocycles. The molecule has 0 radical (unpaired) electrons. The van der Waals surface area contributed by atoms with Gasteiger partial charge in [-0.2, -0.15) is 0 Å². The number of ether oxygens (including phenoxy) is 3. The highest BCUT2D eigenvalue weighted by Gasteiger charge is 2.12.